The van der Waals surface area contributed by atoms with E-state index in [1.54, 1.807) is 0 Å². The van der Waals surface area contributed by atoms with Crippen molar-refractivity contribution < 1.29 is 24.6 Å². The number of carbonyl (C=O) groups excluding carboxylic acids is 2. The number of carboxylic acids is 1. The summed E-state index contributed by atoms with van der Waals surface area (Å²) >= 11 is 0. The number of carbonyl (C=O) groups is 3. The lowest BCUT2D eigenvalue weighted by Crippen LogP contribution is -2.33. The van der Waals surface area contributed by atoms with Crippen molar-refractivity contribution in [2.24, 2.45) is 5.73 Å². The molecule has 0 aliphatic rings. The van der Waals surface area contributed by atoms with Gasteiger partial charge in [-0.2, -0.15) is 0 Å². The van der Waals surface area contributed by atoms with E-state index in [-0.39, 0.29) is 13.0 Å². The second-order valence-electron chi connectivity index (χ2n) is 3.97. The number of amides is 3. The van der Waals surface area contributed by atoms with Crippen molar-refractivity contribution >= 4 is 23.6 Å². The molecular formula is C12H15N3O5. The largest absolute Gasteiger partial charge is 0.479 e. The van der Waals surface area contributed by atoms with Gasteiger partial charge in [-0.3, -0.25) is 4.79 Å². The van der Waals surface area contributed by atoms with Crippen LogP contribution in [0.5, 0.6) is 0 Å². The monoisotopic (exact) mass is 281 g/mol. The summed E-state index contributed by atoms with van der Waals surface area (Å²) in [5.41, 5.74) is 5.84. The fourth-order valence-corrected chi connectivity index (χ4v) is 1.34. The number of benzene rings is 1. The number of hydrogen-bond acceptors (Lipinski definition) is 4. The molecule has 1 unspecified atom stereocenters. The number of aliphatic hydroxyl groups excluding tert-OH is 1. The van der Waals surface area contributed by atoms with Crippen molar-refractivity contribution in [3.05, 3.63) is 29.8 Å². The maximum absolute atomic E-state index is 11.4. The van der Waals surface area contributed by atoms with Gasteiger partial charge < -0.3 is 26.6 Å². The Morgan fingerprint density at radius 2 is 1.80 bits per heavy atom. The Labute approximate surface area is 114 Å². The summed E-state index contributed by atoms with van der Waals surface area (Å²) in [6.45, 7) is 0.0126. The molecule has 1 aromatic carbocycles. The number of nitrogens with two attached hydrogens (primary N) is 1. The fraction of sp³-hybridized carbons (Fsp3) is 0.250. The SMILES string of the molecule is NC(=O)c1ccc(NC(=O)NCCC(O)C(=O)O)cc1. The fourth-order valence-electron chi connectivity index (χ4n) is 1.34. The second kappa shape index (κ2) is 7.10. The summed E-state index contributed by atoms with van der Waals surface area (Å²) in [5.74, 6) is -1.90. The van der Waals surface area contributed by atoms with Gasteiger partial charge in [0.05, 0.1) is 0 Å². The third kappa shape index (κ3) is 4.94. The topological polar surface area (TPSA) is 142 Å². The van der Waals surface area contributed by atoms with Crippen molar-refractivity contribution in [2.45, 2.75) is 12.5 Å². The van der Waals surface area contributed by atoms with E-state index in [9.17, 15) is 14.4 Å². The van der Waals surface area contributed by atoms with Crippen molar-refractivity contribution in [1.82, 2.24) is 5.32 Å². The Hall–Kier alpha value is -2.61. The molecule has 3 amide bonds. The zero-order chi connectivity index (χ0) is 15.1. The molecule has 1 atom stereocenters. The van der Waals surface area contributed by atoms with Gasteiger partial charge in [0.15, 0.2) is 6.10 Å². The zero-order valence-corrected chi connectivity index (χ0v) is 10.5. The van der Waals surface area contributed by atoms with Crippen LogP contribution in [-0.4, -0.2) is 40.8 Å². The van der Waals surface area contributed by atoms with Gasteiger partial charge in [-0.25, -0.2) is 9.59 Å². The molecule has 0 aliphatic carbocycles. The normalized spacial score (nSPS) is 11.4. The molecule has 0 aromatic heterocycles. The molecule has 0 saturated carbocycles. The minimum atomic E-state index is -1.51. The van der Waals surface area contributed by atoms with Gasteiger partial charge in [-0.05, 0) is 24.3 Å². The molecule has 0 spiro atoms. The van der Waals surface area contributed by atoms with Gasteiger partial charge in [0.25, 0.3) is 0 Å². The van der Waals surface area contributed by atoms with E-state index >= 15 is 0 Å². The van der Waals surface area contributed by atoms with E-state index in [0.29, 0.717) is 11.3 Å². The molecule has 0 saturated heterocycles. The lowest BCUT2D eigenvalue weighted by Gasteiger charge is -2.09. The van der Waals surface area contributed by atoms with Crippen LogP contribution >= 0.6 is 0 Å². The first-order valence-electron chi connectivity index (χ1n) is 5.75. The first kappa shape index (κ1) is 15.4. The third-order valence-electron chi connectivity index (χ3n) is 2.42. The summed E-state index contributed by atoms with van der Waals surface area (Å²) in [6.07, 6.45) is -1.60. The van der Waals surface area contributed by atoms with E-state index in [1.165, 1.54) is 24.3 Å². The second-order valence-corrected chi connectivity index (χ2v) is 3.97. The maximum atomic E-state index is 11.4. The van der Waals surface area contributed by atoms with Gasteiger partial charge in [0.2, 0.25) is 5.91 Å². The minimum Gasteiger partial charge on any atom is -0.479 e. The summed E-state index contributed by atoms with van der Waals surface area (Å²) in [5, 5.41) is 22.3. The Kier molecular flexibility index (Phi) is 5.48. The first-order valence-corrected chi connectivity index (χ1v) is 5.75. The summed E-state index contributed by atoms with van der Waals surface area (Å²) < 4.78 is 0. The number of aliphatic carboxylic acids is 1. The Balaban J connectivity index is 2.39. The molecule has 0 fully saturated rings. The number of anilines is 1. The van der Waals surface area contributed by atoms with Gasteiger partial charge >= 0.3 is 12.0 Å². The molecule has 20 heavy (non-hydrogen) atoms. The van der Waals surface area contributed by atoms with Gasteiger partial charge in [-0.1, -0.05) is 0 Å². The smallest absolute Gasteiger partial charge is 0.332 e. The summed E-state index contributed by atoms with van der Waals surface area (Å²) in [6, 6.07) is 5.39. The van der Waals surface area contributed by atoms with E-state index in [2.05, 4.69) is 10.6 Å². The standard InChI is InChI=1S/C12H15N3O5/c13-10(17)7-1-3-8(4-2-7)15-12(20)14-6-5-9(16)11(18)19/h1-4,9,16H,5-6H2,(H2,13,17)(H,18,19)(H2,14,15,20). The molecule has 0 aliphatic heterocycles. The summed E-state index contributed by atoms with van der Waals surface area (Å²) in [4.78, 5) is 32.6. The van der Waals surface area contributed by atoms with E-state index in [4.69, 9.17) is 15.9 Å². The number of aliphatic hydroxyl groups is 1. The third-order valence-corrected chi connectivity index (χ3v) is 2.42. The van der Waals surface area contributed by atoms with Crippen molar-refractivity contribution in [1.29, 1.82) is 0 Å². The molecule has 6 N–H and O–H groups in total. The highest BCUT2D eigenvalue weighted by atomic mass is 16.4. The predicted molar refractivity (Wildman–Crippen MR) is 70.2 cm³/mol. The number of primary amides is 1. The van der Waals surface area contributed by atoms with Crippen LogP contribution in [0.1, 0.15) is 16.8 Å². The Bertz CT molecular complexity index is 500. The van der Waals surface area contributed by atoms with E-state index in [0.717, 1.165) is 0 Å². The maximum Gasteiger partial charge on any atom is 0.332 e. The molecule has 108 valence electrons. The van der Waals surface area contributed by atoms with Crippen LogP contribution < -0.4 is 16.4 Å². The van der Waals surface area contributed by atoms with Crippen LogP contribution in [0, 0.1) is 0 Å². The average Bonchev–Trinajstić information content (AvgIpc) is 2.39. The molecule has 8 heteroatoms. The van der Waals surface area contributed by atoms with Crippen molar-refractivity contribution in [3.63, 3.8) is 0 Å². The summed E-state index contributed by atoms with van der Waals surface area (Å²) in [7, 11) is 0. The van der Waals surface area contributed by atoms with Crippen molar-refractivity contribution in [3.8, 4) is 0 Å². The van der Waals surface area contributed by atoms with Crippen LogP contribution in [0.4, 0.5) is 10.5 Å². The predicted octanol–water partition coefficient (Wildman–Crippen LogP) is -0.257. The van der Waals surface area contributed by atoms with Crippen LogP contribution in [0.25, 0.3) is 0 Å². The number of hydrogen-bond donors (Lipinski definition) is 5. The quantitative estimate of drug-likeness (QED) is 0.488. The Morgan fingerprint density at radius 1 is 1.20 bits per heavy atom. The number of nitrogens with one attached hydrogen (secondary N) is 2. The number of carboxylic acid groups (broad SMARTS) is 1. The van der Waals surface area contributed by atoms with Gasteiger partial charge in [-0.15, -0.1) is 0 Å². The lowest BCUT2D eigenvalue weighted by molar-refractivity contribution is -0.146. The molecule has 0 radical (unpaired) electrons. The molecule has 8 nitrogen and oxygen atoms in total. The molecule has 1 aromatic rings. The first-order chi connectivity index (χ1) is 9.40. The molecule has 1 rings (SSSR count). The van der Waals surface area contributed by atoms with Crippen LogP contribution in [0.3, 0.4) is 0 Å². The highest BCUT2D eigenvalue weighted by Crippen LogP contribution is 2.08. The number of urea groups is 1. The number of rotatable bonds is 6. The molecule has 0 bridgehead atoms. The molecule has 0 heterocycles. The highest BCUT2D eigenvalue weighted by Gasteiger charge is 2.12. The van der Waals surface area contributed by atoms with E-state index < -0.39 is 24.0 Å². The lowest BCUT2D eigenvalue weighted by atomic mass is 10.2. The van der Waals surface area contributed by atoms with Gasteiger partial charge in [0, 0.05) is 24.2 Å². The van der Waals surface area contributed by atoms with Crippen LogP contribution in [-0.2, 0) is 4.79 Å². The van der Waals surface area contributed by atoms with Gasteiger partial charge in [0.1, 0.15) is 0 Å². The minimum absolute atomic E-state index is 0.0126. The average molecular weight is 281 g/mol. The van der Waals surface area contributed by atoms with E-state index in [1.807, 2.05) is 0 Å². The molecular weight excluding hydrogens is 266 g/mol. The zero-order valence-electron chi connectivity index (χ0n) is 10.5. The van der Waals surface area contributed by atoms with Crippen LogP contribution in [0.2, 0.25) is 0 Å². The van der Waals surface area contributed by atoms with Crippen molar-refractivity contribution in [2.75, 3.05) is 11.9 Å². The van der Waals surface area contributed by atoms with Crippen LogP contribution in [0.15, 0.2) is 24.3 Å². The Morgan fingerprint density at radius 3 is 2.30 bits per heavy atom. The highest BCUT2D eigenvalue weighted by molar-refractivity contribution is 5.94.